The number of carbonyl (C=O) groups is 1. The molecular weight excluding hydrogens is 239 g/mol. The van der Waals surface area contributed by atoms with Crippen LogP contribution in [0, 0.1) is 5.82 Å². The first-order valence-electron chi connectivity index (χ1n) is 5.27. The zero-order valence-electron chi connectivity index (χ0n) is 10.2. The van der Waals surface area contributed by atoms with Crippen LogP contribution in [0.1, 0.15) is 36.7 Å². The van der Waals surface area contributed by atoms with Crippen LogP contribution in [0.5, 0.6) is 0 Å². The van der Waals surface area contributed by atoms with Gasteiger partial charge >= 0.3 is 0 Å². The minimum Gasteiger partial charge on any atom is -0.290 e. The molecule has 0 saturated carbocycles. The van der Waals surface area contributed by atoms with E-state index < -0.39 is 5.91 Å². The molecule has 0 aliphatic rings. The lowest BCUT2D eigenvalue weighted by atomic mass is 10.1. The van der Waals surface area contributed by atoms with E-state index in [1.165, 1.54) is 18.2 Å². The van der Waals surface area contributed by atoms with E-state index >= 15 is 0 Å². The van der Waals surface area contributed by atoms with E-state index in [-0.39, 0.29) is 10.6 Å². The van der Waals surface area contributed by atoms with Gasteiger partial charge in [0.25, 0.3) is 5.91 Å². The summed E-state index contributed by atoms with van der Waals surface area (Å²) in [7, 11) is 0. The predicted octanol–water partition coefficient (Wildman–Crippen LogP) is 2.46. The van der Waals surface area contributed by atoms with E-state index in [4.69, 9.17) is 5.84 Å². The summed E-state index contributed by atoms with van der Waals surface area (Å²) in [5, 5.41) is 0. The molecule has 0 spiro atoms. The highest BCUT2D eigenvalue weighted by molar-refractivity contribution is 7.99. The van der Waals surface area contributed by atoms with Gasteiger partial charge in [-0.1, -0.05) is 20.8 Å². The fourth-order valence-corrected chi connectivity index (χ4v) is 2.01. The number of nitrogen functional groups attached to an aromatic ring is 1. The van der Waals surface area contributed by atoms with Gasteiger partial charge in [-0.05, 0) is 23.8 Å². The molecule has 1 amide bonds. The van der Waals surface area contributed by atoms with Crippen molar-refractivity contribution in [3.8, 4) is 0 Å². The number of rotatable bonds is 3. The molecular formula is C12H17FN2OS. The largest absolute Gasteiger partial charge is 0.290 e. The van der Waals surface area contributed by atoms with Gasteiger partial charge in [0.2, 0.25) is 0 Å². The number of benzene rings is 1. The van der Waals surface area contributed by atoms with E-state index in [1.807, 2.05) is 5.43 Å². The number of halogens is 1. The summed E-state index contributed by atoms with van der Waals surface area (Å²) >= 11 is 1.63. The topological polar surface area (TPSA) is 55.1 Å². The summed E-state index contributed by atoms with van der Waals surface area (Å²) in [6.45, 7) is 6.18. The van der Waals surface area contributed by atoms with Gasteiger partial charge in [-0.3, -0.25) is 10.2 Å². The maximum atomic E-state index is 13.5. The van der Waals surface area contributed by atoms with Crippen LogP contribution in [0.15, 0.2) is 18.2 Å². The molecule has 1 aromatic rings. The van der Waals surface area contributed by atoms with Crippen molar-refractivity contribution in [2.24, 2.45) is 5.84 Å². The van der Waals surface area contributed by atoms with Gasteiger partial charge < -0.3 is 0 Å². The average Bonchev–Trinajstić information content (AvgIpc) is 2.26. The van der Waals surface area contributed by atoms with Crippen LogP contribution < -0.4 is 11.3 Å². The van der Waals surface area contributed by atoms with Gasteiger partial charge in [0, 0.05) is 16.1 Å². The zero-order chi connectivity index (χ0) is 13.1. The first kappa shape index (κ1) is 14.0. The predicted molar refractivity (Wildman–Crippen MR) is 69.1 cm³/mol. The van der Waals surface area contributed by atoms with Crippen LogP contribution in [0.2, 0.25) is 0 Å². The minimum absolute atomic E-state index is 0.0541. The molecule has 0 unspecified atom stereocenters. The Labute approximate surface area is 105 Å². The molecule has 0 aromatic heterocycles. The Kier molecular flexibility index (Phi) is 4.54. The first-order valence-corrected chi connectivity index (χ1v) is 6.25. The third-order valence-electron chi connectivity index (χ3n) is 2.10. The molecule has 94 valence electrons. The van der Waals surface area contributed by atoms with Crippen molar-refractivity contribution in [2.45, 2.75) is 31.3 Å². The number of nitrogens with one attached hydrogen (secondary N) is 1. The SMILES string of the molecule is CC(C)(C)SCc1cc(C(=O)NN)ccc1F. The summed E-state index contributed by atoms with van der Waals surface area (Å²) in [5.41, 5.74) is 2.93. The number of hydrogen-bond acceptors (Lipinski definition) is 3. The van der Waals surface area contributed by atoms with Crippen molar-refractivity contribution < 1.29 is 9.18 Å². The second kappa shape index (κ2) is 5.51. The lowest BCUT2D eigenvalue weighted by Gasteiger charge is -2.17. The average molecular weight is 256 g/mol. The fourth-order valence-electron chi connectivity index (χ4n) is 1.20. The highest BCUT2D eigenvalue weighted by Crippen LogP contribution is 2.28. The number of amides is 1. The standard InChI is InChI=1S/C12H17FN2OS/c1-12(2,3)17-7-9-6-8(11(16)15-14)4-5-10(9)13/h4-6H,7,14H2,1-3H3,(H,15,16). The minimum atomic E-state index is -0.410. The third-order valence-corrected chi connectivity index (χ3v) is 3.42. The third kappa shape index (κ3) is 4.36. The molecule has 0 heterocycles. The monoisotopic (exact) mass is 256 g/mol. The molecule has 0 saturated heterocycles. The molecule has 0 aliphatic carbocycles. The molecule has 0 atom stereocenters. The van der Waals surface area contributed by atoms with Gasteiger partial charge in [-0.2, -0.15) is 11.8 Å². The Balaban J connectivity index is 2.87. The Morgan fingerprint density at radius 2 is 2.12 bits per heavy atom. The van der Waals surface area contributed by atoms with Crippen LogP contribution in [0.4, 0.5) is 4.39 Å². The Bertz CT molecular complexity index is 415. The normalized spacial score (nSPS) is 11.4. The van der Waals surface area contributed by atoms with E-state index in [9.17, 15) is 9.18 Å². The van der Waals surface area contributed by atoms with E-state index in [2.05, 4.69) is 20.8 Å². The lowest BCUT2D eigenvalue weighted by Crippen LogP contribution is -2.30. The highest BCUT2D eigenvalue weighted by Gasteiger charge is 2.14. The van der Waals surface area contributed by atoms with Crippen molar-refractivity contribution in [2.75, 3.05) is 0 Å². The van der Waals surface area contributed by atoms with Crippen molar-refractivity contribution in [1.82, 2.24) is 5.43 Å². The molecule has 3 N–H and O–H groups in total. The Morgan fingerprint density at radius 3 is 2.65 bits per heavy atom. The molecule has 1 aromatic carbocycles. The maximum Gasteiger partial charge on any atom is 0.265 e. The van der Waals surface area contributed by atoms with Crippen LogP contribution in [-0.4, -0.2) is 10.7 Å². The second-order valence-corrected chi connectivity index (χ2v) is 6.48. The van der Waals surface area contributed by atoms with E-state index in [1.54, 1.807) is 11.8 Å². The van der Waals surface area contributed by atoms with E-state index in [0.29, 0.717) is 16.9 Å². The quantitative estimate of drug-likeness (QED) is 0.496. The fraction of sp³-hybridized carbons (Fsp3) is 0.417. The summed E-state index contributed by atoms with van der Waals surface area (Å²) in [6.07, 6.45) is 0. The van der Waals surface area contributed by atoms with Crippen LogP contribution in [0.25, 0.3) is 0 Å². The molecule has 1 rings (SSSR count). The van der Waals surface area contributed by atoms with Gasteiger partial charge in [0.1, 0.15) is 5.82 Å². The summed E-state index contributed by atoms with van der Waals surface area (Å²) in [5.74, 6) is 4.86. The second-order valence-electron chi connectivity index (χ2n) is 4.68. The van der Waals surface area contributed by atoms with Crippen LogP contribution in [0.3, 0.4) is 0 Å². The number of thioether (sulfide) groups is 1. The summed E-state index contributed by atoms with van der Waals surface area (Å²) in [4.78, 5) is 11.3. The number of hydrogen-bond donors (Lipinski definition) is 2. The van der Waals surface area contributed by atoms with Gasteiger partial charge in [-0.25, -0.2) is 10.2 Å². The van der Waals surface area contributed by atoms with Gasteiger partial charge in [0.05, 0.1) is 0 Å². The number of nitrogens with two attached hydrogens (primary N) is 1. The number of hydrazine groups is 1. The van der Waals surface area contributed by atoms with Crippen LogP contribution >= 0.6 is 11.8 Å². The number of carbonyl (C=O) groups excluding carboxylic acids is 1. The molecule has 0 aliphatic heterocycles. The van der Waals surface area contributed by atoms with Crippen molar-refractivity contribution in [3.05, 3.63) is 35.1 Å². The molecule has 0 fully saturated rings. The van der Waals surface area contributed by atoms with Crippen molar-refractivity contribution >= 4 is 17.7 Å². The molecule has 17 heavy (non-hydrogen) atoms. The first-order chi connectivity index (χ1) is 7.83. The van der Waals surface area contributed by atoms with Crippen molar-refractivity contribution in [1.29, 1.82) is 0 Å². The summed E-state index contributed by atoms with van der Waals surface area (Å²) in [6, 6.07) is 4.25. The Morgan fingerprint density at radius 1 is 1.47 bits per heavy atom. The molecule has 5 heteroatoms. The molecule has 3 nitrogen and oxygen atoms in total. The molecule has 0 bridgehead atoms. The Hall–Kier alpha value is -1.07. The summed E-state index contributed by atoms with van der Waals surface area (Å²) < 4.78 is 13.6. The lowest BCUT2D eigenvalue weighted by molar-refractivity contribution is 0.0953. The van der Waals surface area contributed by atoms with E-state index in [0.717, 1.165) is 0 Å². The highest BCUT2D eigenvalue weighted by atomic mass is 32.2. The zero-order valence-corrected chi connectivity index (χ0v) is 11.0. The smallest absolute Gasteiger partial charge is 0.265 e. The molecule has 0 radical (unpaired) electrons. The van der Waals surface area contributed by atoms with Crippen LogP contribution in [-0.2, 0) is 5.75 Å². The van der Waals surface area contributed by atoms with Gasteiger partial charge in [0.15, 0.2) is 0 Å². The maximum absolute atomic E-state index is 13.5. The van der Waals surface area contributed by atoms with Gasteiger partial charge in [-0.15, -0.1) is 0 Å². The van der Waals surface area contributed by atoms with Crippen molar-refractivity contribution in [3.63, 3.8) is 0 Å².